The van der Waals surface area contributed by atoms with Crippen molar-refractivity contribution in [2.24, 2.45) is 0 Å². The number of nitriles is 1. The van der Waals surface area contributed by atoms with Crippen LogP contribution < -0.4 is 11.1 Å². The van der Waals surface area contributed by atoms with Crippen LogP contribution in [0.2, 0.25) is 5.02 Å². The number of rotatable bonds is 5. The first-order chi connectivity index (χ1) is 10.0. The number of halogens is 1. The van der Waals surface area contributed by atoms with Crippen LogP contribution in [0.5, 0.6) is 0 Å². The summed E-state index contributed by atoms with van der Waals surface area (Å²) in [6.07, 6.45) is 0.787. The zero-order chi connectivity index (χ0) is 15.4. The summed E-state index contributed by atoms with van der Waals surface area (Å²) in [5, 5.41) is 13.7. The highest BCUT2D eigenvalue weighted by atomic mass is 35.5. The molecule has 0 saturated heterocycles. The summed E-state index contributed by atoms with van der Waals surface area (Å²) < 4.78 is 0. The van der Waals surface area contributed by atoms with Gasteiger partial charge in [-0.1, -0.05) is 23.7 Å². The van der Waals surface area contributed by atoms with E-state index in [-0.39, 0.29) is 11.5 Å². The third-order valence-electron chi connectivity index (χ3n) is 2.99. The Morgan fingerprint density at radius 3 is 2.67 bits per heavy atom. The predicted octanol–water partition coefficient (Wildman–Crippen LogP) is 3.71. The van der Waals surface area contributed by atoms with E-state index in [0.717, 1.165) is 12.0 Å². The molecule has 0 radical (unpaired) electrons. The van der Waals surface area contributed by atoms with Crippen LogP contribution in [-0.2, 0) is 6.42 Å². The first-order valence-corrected chi connectivity index (χ1v) is 7.54. The number of thiophene rings is 1. The van der Waals surface area contributed by atoms with Crippen LogP contribution in [0.25, 0.3) is 0 Å². The molecule has 4 nitrogen and oxygen atoms in total. The molecule has 0 unspecified atom stereocenters. The van der Waals surface area contributed by atoms with Gasteiger partial charge in [-0.3, -0.25) is 4.79 Å². The molecule has 0 amide bonds. The Labute approximate surface area is 132 Å². The Balaban J connectivity index is 2.06. The molecular weight excluding hydrogens is 306 g/mol. The first-order valence-electron chi connectivity index (χ1n) is 6.34. The number of anilines is 2. The van der Waals surface area contributed by atoms with E-state index in [1.807, 2.05) is 30.3 Å². The lowest BCUT2D eigenvalue weighted by Crippen LogP contribution is -2.04. The Hall–Kier alpha value is -2.03. The molecule has 0 aliphatic carbocycles. The number of ketones is 1. The van der Waals surface area contributed by atoms with Crippen molar-refractivity contribution >= 4 is 39.4 Å². The molecule has 0 saturated carbocycles. The molecule has 0 fully saturated rings. The average Bonchev–Trinajstić information content (AvgIpc) is 2.77. The van der Waals surface area contributed by atoms with E-state index in [0.29, 0.717) is 27.0 Å². The van der Waals surface area contributed by atoms with Gasteiger partial charge in [-0.15, -0.1) is 11.3 Å². The van der Waals surface area contributed by atoms with Gasteiger partial charge in [-0.05, 0) is 24.1 Å². The lowest BCUT2D eigenvalue weighted by molar-refractivity contribution is 0.102. The monoisotopic (exact) mass is 319 g/mol. The number of hydrogen-bond acceptors (Lipinski definition) is 5. The lowest BCUT2D eigenvalue weighted by atomic mass is 10.1. The van der Waals surface area contributed by atoms with Crippen LogP contribution >= 0.6 is 22.9 Å². The molecule has 0 aliphatic heterocycles. The number of carbonyl (C=O) groups is 1. The number of nitrogens with two attached hydrogens (primary N) is 1. The van der Waals surface area contributed by atoms with Gasteiger partial charge >= 0.3 is 0 Å². The first kappa shape index (κ1) is 15.4. The second-order valence-corrected chi connectivity index (χ2v) is 5.98. The Morgan fingerprint density at radius 1 is 1.43 bits per heavy atom. The van der Waals surface area contributed by atoms with Crippen LogP contribution in [0.3, 0.4) is 0 Å². The second kappa shape index (κ2) is 6.61. The maximum absolute atomic E-state index is 11.5. The molecule has 1 aromatic heterocycles. The summed E-state index contributed by atoms with van der Waals surface area (Å²) in [5.41, 5.74) is 7.58. The smallest absolute Gasteiger partial charge is 0.171 e. The minimum atomic E-state index is -0.125. The minimum absolute atomic E-state index is 0.125. The summed E-state index contributed by atoms with van der Waals surface area (Å²) in [6, 6.07) is 9.65. The van der Waals surface area contributed by atoms with Crippen molar-refractivity contribution in [1.82, 2.24) is 0 Å². The highest BCUT2D eigenvalue weighted by Crippen LogP contribution is 2.35. The van der Waals surface area contributed by atoms with Gasteiger partial charge in [0, 0.05) is 18.5 Å². The number of hydrogen-bond donors (Lipinski definition) is 2. The highest BCUT2D eigenvalue weighted by molar-refractivity contribution is 7.18. The van der Waals surface area contributed by atoms with E-state index in [2.05, 4.69) is 5.32 Å². The minimum Gasteiger partial charge on any atom is -0.396 e. The molecular formula is C15H14ClN3OS. The summed E-state index contributed by atoms with van der Waals surface area (Å²) in [5.74, 6) is -0.125. The van der Waals surface area contributed by atoms with Gasteiger partial charge in [0.25, 0.3) is 0 Å². The van der Waals surface area contributed by atoms with Crippen molar-refractivity contribution in [1.29, 1.82) is 5.26 Å². The average molecular weight is 320 g/mol. The molecule has 3 N–H and O–H groups in total. The molecule has 108 valence electrons. The second-order valence-electron chi connectivity index (χ2n) is 4.52. The topological polar surface area (TPSA) is 78.9 Å². The van der Waals surface area contributed by atoms with Crippen LogP contribution in [0, 0.1) is 11.3 Å². The molecule has 0 atom stereocenters. The fourth-order valence-corrected chi connectivity index (χ4v) is 3.03. The van der Waals surface area contributed by atoms with E-state index in [4.69, 9.17) is 22.6 Å². The van der Waals surface area contributed by atoms with Gasteiger partial charge in [0.15, 0.2) is 5.78 Å². The van der Waals surface area contributed by atoms with Crippen molar-refractivity contribution in [3.63, 3.8) is 0 Å². The van der Waals surface area contributed by atoms with Crippen LogP contribution in [-0.4, -0.2) is 12.3 Å². The Bertz CT molecular complexity index is 701. The molecule has 0 spiro atoms. The maximum atomic E-state index is 11.5. The SMILES string of the molecule is CC(=O)c1sc(NCCc2ccc(Cl)cc2)c(C#N)c1N. The van der Waals surface area contributed by atoms with Gasteiger partial charge < -0.3 is 11.1 Å². The molecule has 6 heteroatoms. The fraction of sp³-hybridized carbons (Fsp3) is 0.200. The molecule has 1 heterocycles. The Morgan fingerprint density at radius 2 is 2.10 bits per heavy atom. The Kier molecular flexibility index (Phi) is 4.84. The molecule has 1 aromatic carbocycles. The number of carbonyl (C=O) groups excluding carboxylic acids is 1. The summed E-state index contributed by atoms with van der Waals surface area (Å²) >= 11 is 7.06. The zero-order valence-electron chi connectivity index (χ0n) is 11.4. The van der Waals surface area contributed by atoms with E-state index in [9.17, 15) is 4.79 Å². The van der Waals surface area contributed by atoms with Crippen LogP contribution in [0.4, 0.5) is 10.7 Å². The maximum Gasteiger partial charge on any atom is 0.171 e. The zero-order valence-corrected chi connectivity index (χ0v) is 13.0. The summed E-state index contributed by atoms with van der Waals surface area (Å²) in [7, 11) is 0. The quantitative estimate of drug-likeness (QED) is 0.823. The number of nitrogens with zero attached hydrogens (tertiary/aromatic N) is 1. The van der Waals surface area contributed by atoms with E-state index >= 15 is 0 Å². The largest absolute Gasteiger partial charge is 0.396 e. The number of benzene rings is 1. The molecule has 0 aliphatic rings. The van der Waals surface area contributed by atoms with Gasteiger partial charge in [-0.2, -0.15) is 5.26 Å². The van der Waals surface area contributed by atoms with E-state index < -0.39 is 0 Å². The van der Waals surface area contributed by atoms with Crippen LogP contribution in [0.1, 0.15) is 27.7 Å². The third kappa shape index (κ3) is 3.54. The molecule has 2 aromatic rings. The predicted molar refractivity (Wildman–Crippen MR) is 87.1 cm³/mol. The fourth-order valence-electron chi connectivity index (χ4n) is 1.91. The molecule has 0 bridgehead atoms. The number of Topliss-reactive ketones (excluding diaryl/α,β-unsaturated/α-hetero) is 1. The number of nitrogen functional groups attached to an aromatic ring is 1. The molecule has 2 rings (SSSR count). The molecule has 21 heavy (non-hydrogen) atoms. The van der Waals surface area contributed by atoms with Crippen LogP contribution in [0.15, 0.2) is 24.3 Å². The van der Waals surface area contributed by atoms with Gasteiger partial charge in [-0.25, -0.2) is 0 Å². The van der Waals surface area contributed by atoms with Gasteiger partial charge in [0.2, 0.25) is 0 Å². The normalized spacial score (nSPS) is 10.1. The lowest BCUT2D eigenvalue weighted by Gasteiger charge is -2.04. The van der Waals surface area contributed by atoms with Crippen molar-refractivity contribution < 1.29 is 4.79 Å². The highest BCUT2D eigenvalue weighted by Gasteiger charge is 2.18. The van der Waals surface area contributed by atoms with Gasteiger partial charge in [0.05, 0.1) is 10.6 Å². The third-order valence-corrected chi connectivity index (χ3v) is 4.51. The summed E-state index contributed by atoms with van der Waals surface area (Å²) in [4.78, 5) is 11.9. The number of nitrogens with one attached hydrogen (secondary N) is 1. The van der Waals surface area contributed by atoms with Crippen molar-refractivity contribution in [2.75, 3.05) is 17.6 Å². The standard InChI is InChI=1S/C15H14ClN3OS/c1-9(20)14-13(18)12(8-17)15(21-14)19-7-6-10-2-4-11(16)5-3-10/h2-5,19H,6-7,18H2,1H3. The summed E-state index contributed by atoms with van der Waals surface area (Å²) in [6.45, 7) is 2.09. The van der Waals surface area contributed by atoms with Gasteiger partial charge in [0.1, 0.15) is 16.6 Å². The van der Waals surface area contributed by atoms with E-state index in [1.54, 1.807) is 0 Å². The van der Waals surface area contributed by atoms with Crippen molar-refractivity contribution in [3.05, 3.63) is 45.3 Å². The van der Waals surface area contributed by atoms with Crippen molar-refractivity contribution in [3.8, 4) is 6.07 Å². The van der Waals surface area contributed by atoms with E-state index in [1.165, 1.54) is 18.3 Å². The van der Waals surface area contributed by atoms with Crippen molar-refractivity contribution in [2.45, 2.75) is 13.3 Å².